The zero-order valence-corrected chi connectivity index (χ0v) is 19.5. The smallest absolute Gasteiger partial charge is 0.191 e. The molecule has 0 amide bonds. The number of para-hydroxylation sites is 2. The van der Waals surface area contributed by atoms with Gasteiger partial charge in [0.25, 0.3) is 0 Å². The number of nitrogens with zero attached hydrogens (tertiary/aromatic N) is 3. The van der Waals surface area contributed by atoms with Gasteiger partial charge in [-0.05, 0) is 30.0 Å². The SMILES string of the molecule is CN=C(NCCCn1ccc2ccccc21)NCc1ccccc1OCCN1CCOCC1. The number of nitrogens with one attached hydrogen (secondary N) is 2. The Morgan fingerprint density at radius 2 is 1.82 bits per heavy atom. The number of rotatable bonds is 10. The van der Waals surface area contributed by atoms with Crippen molar-refractivity contribution in [3.05, 3.63) is 66.4 Å². The molecule has 176 valence electrons. The van der Waals surface area contributed by atoms with Gasteiger partial charge in [-0.25, -0.2) is 0 Å². The first-order valence-corrected chi connectivity index (χ1v) is 11.8. The fraction of sp³-hybridized carbons (Fsp3) is 0.423. The Morgan fingerprint density at radius 3 is 2.70 bits per heavy atom. The number of guanidine groups is 1. The highest BCUT2D eigenvalue weighted by molar-refractivity contribution is 5.80. The highest BCUT2D eigenvalue weighted by Crippen LogP contribution is 2.18. The third-order valence-electron chi connectivity index (χ3n) is 5.96. The summed E-state index contributed by atoms with van der Waals surface area (Å²) < 4.78 is 13.8. The van der Waals surface area contributed by atoms with Crippen molar-refractivity contribution in [3.8, 4) is 5.75 Å². The van der Waals surface area contributed by atoms with Crippen molar-refractivity contribution in [2.24, 2.45) is 4.99 Å². The normalized spacial score (nSPS) is 15.0. The summed E-state index contributed by atoms with van der Waals surface area (Å²) in [7, 11) is 1.81. The number of aromatic nitrogens is 1. The number of morpholine rings is 1. The van der Waals surface area contributed by atoms with Crippen LogP contribution < -0.4 is 15.4 Å². The van der Waals surface area contributed by atoms with E-state index in [1.54, 1.807) is 7.05 Å². The van der Waals surface area contributed by atoms with E-state index in [1.165, 1.54) is 10.9 Å². The molecule has 0 radical (unpaired) electrons. The minimum absolute atomic E-state index is 0.662. The Hall–Kier alpha value is -3.03. The average molecular weight is 450 g/mol. The van der Waals surface area contributed by atoms with Gasteiger partial charge in [-0.2, -0.15) is 0 Å². The van der Waals surface area contributed by atoms with Crippen LogP contribution in [0.4, 0.5) is 0 Å². The van der Waals surface area contributed by atoms with Crippen LogP contribution in [0.15, 0.2) is 65.8 Å². The lowest BCUT2D eigenvalue weighted by Crippen LogP contribution is -2.39. The minimum atomic E-state index is 0.662. The maximum atomic E-state index is 6.10. The fourth-order valence-electron chi connectivity index (χ4n) is 4.09. The Kier molecular flexibility index (Phi) is 8.61. The van der Waals surface area contributed by atoms with E-state index in [1.807, 2.05) is 18.2 Å². The van der Waals surface area contributed by atoms with Gasteiger partial charge in [0.05, 0.1) is 13.2 Å². The van der Waals surface area contributed by atoms with Gasteiger partial charge in [-0.3, -0.25) is 9.89 Å². The molecule has 1 fully saturated rings. The molecule has 1 aliphatic heterocycles. The Balaban J connectivity index is 1.20. The van der Waals surface area contributed by atoms with Gasteiger partial charge >= 0.3 is 0 Å². The number of aliphatic imine (C=N–C) groups is 1. The maximum Gasteiger partial charge on any atom is 0.191 e. The van der Waals surface area contributed by atoms with Crippen molar-refractivity contribution in [1.82, 2.24) is 20.1 Å². The summed E-state index contributed by atoms with van der Waals surface area (Å²) in [5.74, 6) is 1.73. The zero-order valence-electron chi connectivity index (χ0n) is 19.5. The lowest BCUT2D eigenvalue weighted by molar-refractivity contribution is 0.0322. The van der Waals surface area contributed by atoms with Crippen LogP contribution in [-0.2, 0) is 17.8 Å². The number of benzene rings is 2. The second kappa shape index (κ2) is 12.3. The highest BCUT2D eigenvalue weighted by atomic mass is 16.5. The Morgan fingerprint density at radius 1 is 1.00 bits per heavy atom. The molecule has 0 spiro atoms. The lowest BCUT2D eigenvalue weighted by atomic mass is 10.2. The van der Waals surface area contributed by atoms with Crippen molar-refractivity contribution >= 4 is 16.9 Å². The van der Waals surface area contributed by atoms with Crippen molar-refractivity contribution in [2.45, 2.75) is 19.5 Å². The molecule has 7 nitrogen and oxygen atoms in total. The van der Waals surface area contributed by atoms with E-state index in [2.05, 4.69) is 67.7 Å². The predicted octanol–water partition coefficient (Wildman–Crippen LogP) is 3.11. The molecule has 2 heterocycles. The number of hydrogen-bond donors (Lipinski definition) is 2. The first kappa shape index (κ1) is 23.1. The highest BCUT2D eigenvalue weighted by Gasteiger charge is 2.11. The van der Waals surface area contributed by atoms with Crippen LogP contribution in [0.25, 0.3) is 10.9 Å². The number of hydrogen-bond acceptors (Lipinski definition) is 4. The summed E-state index contributed by atoms with van der Waals surface area (Å²) in [6, 6.07) is 18.9. The number of fused-ring (bicyclic) bond motifs is 1. The van der Waals surface area contributed by atoms with Gasteiger partial charge in [0, 0.05) is 63.6 Å². The summed E-state index contributed by atoms with van der Waals surface area (Å²) in [6.07, 6.45) is 3.17. The van der Waals surface area contributed by atoms with Crippen molar-refractivity contribution in [3.63, 3.8) is 0 Å². The number of aryl methyl sites for hydroxylation is 1. The molecule has 2 aromatic carbocycles. The van der Waals surface area contributed by atoms with Crippen molar-refractivity contribution < 1.29 is 9.47 Å². The van der Waals surface area contributed by atoms with E-state index in [0.29, 0.717) is 13.2 Å². The summed E-state index contributed by atoms with van der Waals surface area (Å²) in [5.41, 5.74) is 2.41. The summed E-state index contributed by atoms with van der Waals surface area (Å²) >= 11 is 0. The molecular formula is C26H35N5O2. The Bertz CT molecular complexity index is 1030. The topological polar surface area (TPSA) is 63.0 Å². The first-order chi connectivity index (χ1) is 16.3. The standard InChI is InChI=1S/C26H35N5O2/c1-27-26(28-12-6-13-31-14-11-22-7-2-4-9-24(22)31)29-21-23-8-3-5-10-25(23)33-20-17-30-15-18-32-19-16-30/h2-5,7-11,14H,6,12-13,15-21H2,1H3,(H2,27,28,29). The molecule has 0 atom stereocenters. The molecule has 0 bridgehead atoms. The molecule has 7 heteroatoms. The van der Waals surface area contributed by atoms with Crippen LogP contribution >= 0.6 is 0 Å². The molecular weight excluding hydrogens is 414 g/mol. The van der Waals surface area contributed by atoms with Gasteiger partial charge in [0.1, 0.15) is 12.4 Å². The van der Waals surface area contributed by atoms with Gasteiger partial charge in [0.15, 0.2) is 5.96 Å². The molecule has 1 aromatic heterocycles. The maximum absolute atomic E-state index is 6.10. The van der Waals surface area contributed by atoms with Crippen LogP contribution in [0.2, 0.25) is 0 Å². The van der Waals surface area contributed by atoms with Crippen LogP contribution in [0, 0.1) is 0 Å². The van der Waals surface area contributed by atoms with Crippen molar-refractivity contribution in [2.75, 3.05) is 53.0 Å². The van der Waals surface area contributed by atoms with Crippen molar-refractivity contribution in [1.29, 1.82) is 0 Å². The quantitative estimate of drug-likeness (QED) is 0.283. The van der Waals surface area contributed by atoms with Gasteiger partial charge in [-0.1, -0.05) is 36.4 Å². The van der Waals surface area contributed by atoms with Gasteiger partial charge in [0.2, 0.25) is 0 Å². The van der Waals surface area contributed by atoms with E-state index in [4.69, 9.17) is 9.47 Å². The molecule has 1 aliphatic rings. The van der Waals surface area contributed by atoms with E-state index in [0.717, 1.165) is 69.6 Å². The van der Waals surface area contributed by atoms with E-state index in [9.17, 15) is 0 Å². The summed E-state index contributed by atoms with van der Waals surface area (Å²) in [4.78, 5) is 6.75. The van der Waals surface area contributed by atoms with Gasteiger partial charge < -0.3 is 24.7 Å². The number of ether oxygens (including phenoxy) is 2. The van der Waals surface area contributed by atoms with E-state index >= 15 is 0 Å². The molecule has 0 unspecified atom stereocenters. The largest absolute Gasteiger partial charge is 0.492 e. The molecule has 0 aliphatic carbocycles. The average Bonchev–Trinajstić information content (AvgIpc) is 3.28. The predicted molar refractivity (Wildman–Crippen MR) is 134 cm³/mol. The molecule has 4 rings (SSSR count). The fourth-order valence-corrected chi connectivity index (χ4v) is 4.09. The first-order valence-electron chi connectivity index (χ1n) is 11.8. The third-order valence-corrected chi connectivity index (χ3v) is 5.96. The van der Waals surface area contributed by atoms with E-state index in [-0.39, 0.29) is 0 Å². The summed E-state index contributed by atoms with van der Waals surface area (Å²) in [5, 5.41) is 8.12. The van der Waals surface area contributed by atoms with E-state index < -0.39 is 0 Å². The zero-order chi connectivity index (χ0) is 22.7. The molecule has 1 saturated heterocycles. The summed E-state index contributed by atoms with van der Waals surface area (Å²) in [6.45, 7) is 7.67. The molecule has 3 aromatic rings. The van der Waals surface area contributed by atoms with Crippen LogP contribution in [-0.4, -0.2) is 68.5 Å². The van der Waals surface area contributed by atoms with Gasteiger partial charge in [-0.15, -0.1) is 0 Å². The third kappa shape index (κ3) is 6.73. The molecule has 0 saturated carbocycles. The molecule has 2 N–H and O–H groups in total. The van der Waals surface area contributed by atoms with Crippen LogP contribution in [0.1, 0.15) is 12.0 Å². The lowest BCUT2D eigenvalue weighted by Gasteiger charge is -2.26. The molecule has 33 heavy (non-hydrogen) atoms. The van der Waals surface area contributed by atoms with Crippen LogP contribution in [0.5, 0.6) is 5.75 Å². The minimum Gasteiger partial charge on any atom is -0.492 e. The second-order valence-electron chi connectivity index (χ2n) is 8.18. The second-order valence-corrected chi connectivity index (χ2v) is 8.18. The monoisotopic (exact) mass is 449 g/mol. The van der Waals surface area contributed by atoms with Crippen LogP contribution in [0.3, 0.4) is 0 Å². The Labute approximate surface area is 196 Å².